The predicted molar refractivity (Wildman–Crippen MR) is 56.0 cm³/mol. The first-order valence-corrected chi connectivity index (χ1v) is 4.73. The smallest absolute Gasteiger partial charge is 0.217 e. The number of hydrogen-bond acceptors (Lipinski definition) is 3. The Kier molecular flexibility index (Phi) is 2.37. The number of fused-ring (bicyclic) bond motifs is 1. The Morgan fingerprint density at radius 3 is 3.07 bits per heavy atom. The lowest BCUT2D eigenvalue weighted by Crippen LogP contribution is -2.12. The number of primary amides is 1. The molecule has 15 heavy (non-hydrogen) atoms. The summed E-state index contributed by atoms with van der Waals surface area (Å²) in [6, 6.07) is 3.81. The lowest BCUT2D eigenvalue weighted by Gasteiger charge is -1.99. The molecule has 0 aliphatic heterocycles. The number of aromatic nitrogens is 3. The van der Waals surface area contributed by atoms with Gasteiger partial charge in [0.2, 0.25) is 5.91 Å². The monoisotopic (exact) mass is 204 g/mol. The minimum absolute atomic E-state index is 0.310. The molecule has 0 bridgehead atoms. The normalized spacial score (nSPS) is 10.7. The van der Waals surface area contributed by atoms with Crippen LogP contribution in [0.2, 0.25) is 0 Å². The molecule has 0 saturated carbocycles. The Morgan fingerprint density at radius 1 is 1.60 bits per heavy atom. The van der Waals surface area contributed by atoms with Crippen molar-refractivity contribution < 1.29 is 4.79 Å². The molecular weight excluding hydrogens is 192 g/mol. The summed E-state index contributed by atoms with van der Waals surface area (Å²) >= 11 is 0. The zero-order valence-corrected chi connectivity index (χ0v) is 8.47. The van der Waals surface area contributed by atoms with Gasteiger partial charge >= 0.3 is 0 Å². The van der Waals surface area contributed by atoms with E-state index in [0.29, 0.717) is 18.5 Å². The third-order valence-corrected chi connectivity index (χ3v) is 2.34. The maximum Gasteiger partial charge on any atom is 0.217 e. The van der Waals surface area contributed by atoms with Gasteiger partial charge in [0, 0.05) is 26.1 Å². The van der Waals surface area contributed by atoms with Crippen LogP contribution in [-0.4, -0.2) is 20.4 Å². The van der Waals surface area contributed by atoms with E-state index in [1.165, 1.54) is 0 Å². The molecule has 1 amide bonds. The van der Waals surface area contributed by atoms with E-state index in [1.54, 1.807) is 6.20 Å². The quantitative estimate of drug-likeness (QED) is 0.785. The van der Waals surface area contributed by atoms with Gasteiger partial charge in [-0.15, -0.1) is 0 Å². The fraction of sp³-hybridized carbons (Fsp3) is 0.300. The molecule has 0 atom stereocenters. The van der Waals surface area contributed by atoms with E-state index >= 15 is 0 Å². The van der Waals surface area contributed by atoms with Crippen LogP contribution >= 0.6 is 0 Å². The second kappa shape index (κ2) is 3.68. The Bertz CT molecular complexity index is 503. The zero-order chi connectivity index (χ0) is 10.8. The van der Waals surface area contributed by atoms with Gasteiger partial charge in [-0.3, -0.25) is 4.79 Å². The Labute approximate surface area is 86.9 Å². The molecular formula is C10H12N4O. The van der Waals surface area contributed by atoms with Gasteiger partial charge in [-0.05, 0) is 12.1 Å². The highest BCUT2D eigenvalue weighted by molar-refractivity contribution is 5.74. The molecule has 2 aromatic rings. The van der Waals surface area contributed by atoms with Crippen molar-refractivity contribution >= 4 is 17.1 Å². The van der Waals surface area contributed by atoms with Crippen molar-refractivity contribution in [1.29, 1.82) is 0 Å². The molecule has 0 unspecified atom stereocenters. The fourth-order valence-electron chi connectivity index (χ4n) is 1.53. The van der Waals surface area contributed by atoms with E-state index in [9.17, 15) is 4.79 Å². The largest absolute Gasteiger partial charge is 0.370 e. The summed E-state index contributed by atoms with van der Waals surface area (Å²) in [5.41, 5.74) is 6.77. The lowest BCUT2D eigenvalue weighted by molar-refractivity contribution is -0.118. The van der Waals surface area contributed by atoms with Crippen LogP contribution in [0, 0.1) is 0 Å². The highest BCUT2D eigenvalue weighted by Crippen LogP contribution is 2.12. The standard InChI is InChI=1S/C10H12N4O/c1-14-7-3-2-6-12-10(7)13-9(14)5-4-8(11)15/h2-3,6H,4-5H2,1H3,(H2,11,15). The summed E-state index contributed by atoms with van der Waals surface area (Å²) in [7, 11) is 1.91. The number of hydrogen-bond donors (Lipinski definition) is 1. The molecule has 0 radical (unpaired) electrons. The molecule has 78 valence electrons. The zero-order valence-electron chi connectivity index (χ0n) is 8.47. The fourth-order valence-corrected chi connectivity index (χ4v) is 1.53. The van der Waals surface area contributed by atoms with Crippen LogP contribution < -0.4 is 5.73 Å². The molecule has 5 heteroatoms. The summed E-state index contributed by atoms with van der Waals surface area (Å²) in [4.78, 5) is 19.1. The number of amides is 1. The van der Waals surface area contributed by atoms with Crippen LogP contribution in [0.25, 0.3) is 11.2 Å². The van der Waals surface area contributed by atoms with Gasteiger partial charge in [-0.2, -0.15) is 0 Å². The Morgan fingerprint density at radius 2 is 2.40 bits per heavy atom. The first-order chi connectivity index (χ1) is 7.18. The van der Waals surface area contributed by atoms with Crippen molar-refractivity contribution in [3.8, 4) is 0 Å². The van der Waals surface area contributed by atoms with Crippen LogP contribution in [-0.2, 0) is 18.3 Å². The number of carbonyl (C=O) groups is 1. The maximum atomic E-state index is 10.7. The maximum absolute atomic E-state index is 10.7. The number of pyridine rings is 1. The molecule has 0 aromatic carbocycles. The molecule has 0 spiro atoms. The lowest BCUT2D eigenvalue weighted by atomic mass is 10.3. The second-order valence-corrected chi connectivity index (χ2v) is 3.40. The number of nitrogens with zero attached hydrogens (tertiary/aromatic N) is 3. The van der Waals surface area contributed by atoms with Crippen LogP contribution in [0.1, 0.15) is 12.2 Å². The molecule has 2 rings (SSSR count). The highest BCUT2D eigenvalue weighted by atomic mass is 16.1. The van der Waals surface area contributed by atoms with E-state index in [0.717, 1.165) is 11.3 Å². The van der Waals surface area contributed by atoms with Gasteiger partial charge < -0.3 is 10.3 Å². The third kappa shape index (κ3) is 1.81. The van der Waals surface area contributed by atoms with Crippen molar-refractivity contribution in [2.75, 3.05) is 0 Å². The summed E-state index contributed by atoms with van der Waals surface area (Å²) in [5, 5.41) is 0. The van der Waals surface area contributed by atoms with Gasteiger partial charge in [0.25, 0.3) is 0 Å². The minimum atomic E-state index is -0.310. The Hall–Kier alpha value is -1.91. The second-order valence-electron chi connectivity index (χ2n) is 3.40. The molecule has 2 N–H and O–H groups in total. The van der Waals surface area contributed by atoms with Crippen LogP contribution in [0.5, 0.6) is 0 Å². The summed E-state index contributed by atoms with van der Waals surface area (Å²) in [5.74, 6) is 0.525. The number of aryl methyl sites for hydroxylation is 2. The van der Waals surface area contributed by atoms with Crippen LogP contribution in [0.15, 0.2) is 18.3 Å². The number of imidazole rings is 1. The van der Waals surface area contributed by atoms with Gasteiger partial charge in [-0.1, -0.05) is 0 Å². The minimum Gasteiger partial charge on any atom is -0.370 e. The molecule has 0 aliphatic carbocycles. The molecule has 2 aromatic heterocycles. The van der Waals surface area contributed by atoms with E-state index < -0.39 is 0 Å². The molecule has 0 saturated heterocycles. The average Bonchev–Trinajstić information content (AvgIpc) is 2.54. The summed E-state index contributed by atoms with van der Waals surface area (Å²) in [6.07, 6.45) is 2.58. The van der Waals surface area contributed by atoms with Gasteiger partial charge in [0.05, 0.1) is 5.52 Å². The molecule has 5 nitrogen and oxygen atoms in total. The number of carbonyl (C=O) groups excluding carboxylic acids is 1. The SMILES string of the molecule is Cn1c(CCC(N)=O)nc2ncccc21. The van der Waals surface area contributed by atoms with Gasteiger partial charge in [0.1, 0.15) is 5.82 Å². The van der Waals surface area contributed by atoms with Crippen LogP contribution in [0.4, 0.5) is 0 Å². The van der Waals surface area contributed by atoms with Crippen molar-refractivity contribution in [2.45, 2.75) is 12.8 Å². The van der Waals surface area contributed by atoms with Crippen molar-refractivity contribution in [3.63, 3.8) is 0 Å². The van der Waals surface area contributed by atoms with E-state index in [1.807, 2.05) is 23.7 Å². The van der Waals surface area contributed by atoms with Gasteiger partial charge in [0.15, 0.2) is 5.65 Å². The first-order valence-electron chi connectivity index (χ1n) is 4.73. The van der Waals surface area contributed by atoms with E-state index in [-0.39, 0.29) is 5.91 Å². The highest BCUT2D eigenvalue weighted by Gasteiger charge is 2.08. The number of nitrogens with two attached hydrogens (primary N) is 1. The Balaban J connectivity index is 2.36. The first kappa shape index (κ1) is 9.64. The van der Waals surface area contributed by atoms with Crippen molar-refractivity contribution in [1.82, 2.24) is 14.5 Å². The molecule has 0 aliphatic rings. The summed E-state index contributed by atoms with van der Waals surface area (Å²) in [6.45, 7) is 0. The van der Waals surface area contributed by atoms with Crippen molar-refractivity contribution in [2.24, 2.45) is 12.8 Å². The molecule has 2 heterocycles. The average molecular weight is 204 g/mol. The third-order valence-electron chi connectivity index (χ3n) is 2.34. The van der Waals surface area contributed by atoms with E-state index in [2.05, 4.69) is 9.97 Å². The van der Waals surface area contributed by atoms with E-state index in [4.69, 9.17) is 5.73 Å². The van der Waals surface area contributed by atoms with Gasteiger partial charge in [-0.25, -0.2) is 9.97 Å². The number of rotatable bonds is 3. The topological polar surface area (TPSA) is 73.8 Å². The summed E-state index contributed by atoms with van der Waals surface area (Å²) < 4.78 is 1.94. The van der Waals surface area contributed by atoms with Crippen molar-refractivity contribution in [3.05, 3.63) is 24.2 Å². The predicted octanol–water partition coefficient (Wildman–Crippen LogP) is 0.386. The van der Waals surface area contributed by atoms with Crippen LogP contribution in [0.3, 0.4) is 0 Å². The molecule has 0 fully saturated rings.